The van der Waals surface area contributed by atoms with Crippen molar-refractivity contribution < 1.29 is 10.2 Å². The van der Waals surface area contributed by atoms with E-state index in [1.807, 2.05) is 0 Å². The highest BCUT2D eigenvalue weighted by Gasteiger charge is 2.04. The summed E-state index contributed by atoms with van der Waals surface area (Å²) >= 11 is 8.50. The predicted octanol–water partition coefficient (Wildman–Crippen LogP) is 2.51. The van der Waals surface area contributed by atoms with Gasteiger partial charge in [0, 0.05) is 4.47 Å². The molecule has 0 saturated carbocycles. The van der Waals surface area contributed by atoms with Gasteiger partial charge in [-0.25, -0.2) is 0 Å². The van der Waals surface area contributed by atoms with Crippen molar-refractivity contribution in [2.24, 2.45) is 0 Å². The molecule has 0 heterocycles. The molecule has 0 aromatic heterocycles. The molecule has 0 aliphatic heterocycles. The first-order chi connectivity index (χ1) is 4.61. The largest absolute Gasteiger partial charge is 0.506 e. The van der Waals surface area contributed by atoms with Crippen molar-refractivity contribution in [2.45, 2.75) is 0 Å². The van der Waals surface area contributed by atoms with Crippen LogP contribution in [0.15, 0.2) is 16.6 Å². The van der Waals surface area contributed by atoms with Crippen molar-refractivity contribution >= 4 is 27.5 Å². The molecule has 0 saturated heterocycles. The summed E-state index contributed by atoms with van der Waals surface area (Å²) < 4.78 is 0.590. The molecular formula is C6H4BrClO2. The molecule has 0 unspecified atom stereocenters. The highest BCUT2D eigenvalue weighted by molar-refractivity contribution is 9.10. The zero-order valence-electron chi connectivity index (χ0n) is 4.81. The number of phenols is 2. The van der Waals surface area contributed by atoms with E-state index in [0.29, 0.717) is 4.47 Å². The number of phenolic OH excluding ortho intramolecular Hbond substituents is 2. The maximum atomic E-state index is 8.96. The standard InChI is InChI=1S/C6H4BrClO2/c7-3-1-4(9)6(8)5(10)2-3/h1-2,9-10H. The molecule has 0 aliphatic rings. The Bertz CT molecular complexity index is 239. The third-order valence-corrected chi connectivity index (χ3v) is 1.84. The average molecular weight is 223 g/mol. The first kappa shape index (κ1) is 7.69. The quantitative estimate of drug-likeness (QED) is 0.709. The van der Waals surface area contributed by atoms with E-state index >= 15 is 0 Å². The van der Waals surface area contributed by atoms with Crippen LogP contribution in [-0.2, 0) is 0 Å². The van der Waals surface area contributed by atoms with Gasteiger partial charge in [0.05, 0.1) is 0 Å². The van der Waals surface area contributed by atoms with E-state index in [4.69, 9.17) is 21.8 Å². The van der Waals surface area contributed by atoms with Crippen LogP contribution in [0.4, 0.5) is 0 Å². The first-order valence-corrected chi connectivity index (χ1v) is 3.65. The van der Waals surface area contributed by atoms with Crippen LogP contribution in [0.3, 0.4) is 0 Å². The predicted molar refractivity (Wildman–Crippen MR) is 42.5 cm³/mol. The fourth-order valence-electron chi connectivity index (χ4n) is 0.561. The van der Waals surface area contributed by atoms with Gasteiger partial charge in [0.1, 0.15) is 16.5 Å². The monoisotopic (exact) mass is 222 g/mol. The van der Waals surface area contributed by atoms with Crippen LogP contribution in [0.5, 0.6) is 11.5 Å². The third kappa shape index (κ3) is 1.36. The Balaban J connectivity index is 3.31. The van der Waals surface area contributed by atoms with E-state index in [2.05, 4.69) is 15.9 Å². The molecule has 1 rings (SSSR count). The van der Waals surface area contributed by atoms with Crippen molar-refractivity contribution in [3.05, 3.63) is 21.6 Å². The second-order valence-corrected chi connectivity index (χ2v) is 3.05. The first-order valence-electron chi connectivity index (χ1n) is 2.48. The molecule has 0 fully saturated rings. The van der Waals surface area contributed by atoms with Gasteiger partial charge in [-0.1, -0.05) is 27.5 Å². The maximum Gasteiger partial charge on any atom is 0.139 e. The second kappa shape index (κ2) is 2.68. The van der Waals surface area contributed by atoms with Crippen molar-refractivity contribution in [1.82, 2.24) is 0 Å². The average Bonchev–Trinajstić information content (AvgIpc) is 1.82. The lowest BCUT2D eigenvalue weighted by atomic mass is 10.3. The Morgan fingerprint density at radius 2 is 1.60 bits per heavy atom. The summed E-state index contributed by atoms with van der Waals surface area (Å²) in [6.45, 7) is 0. The minimum absolute atomic E-state index is 0.0248. The molecule has 1 aromatic carbocycles. The van der Waals surface area contributed by atoms with Crippen molar-refractivity contribution in [3.8, 4) is 11.5 Å². The van der Waals surface area contributed by atoms with E-state index in [1.165, 1.54) is 12.1 Å². The summed E-state index contributed by atoms with van der Waals surface area (Å²) in [7, 11) is 0. The summed E-state index contributed by atoms with van der Waals surface area (Å²) in [4.78, 5) is 0. The van der Waals surface area contributed by atoms with E-state index < -0.39 is 0 Å². The lowest BCUT2D eigenvalue weighted by molar-refractivity contribution is 0.450. The van der Waals surface area contributed by atoms with Gasteiger partial charge >= 0.3 is 0 Å². The Morgan fingerprint density at radius 1 is 1.20 bits per heavy atom. The van der Waals surface area contributed by atoms with Crippen LogP contribution < -0.4 is 0 Å². The number of rotatable bonds is 0. The number of aromatic hydroxyl groups is 2. The number of hydrogen-bond donors (Lipinski definition) is 2. The van der Waals surface area contributed by atoms with Crippen molar-refractivity contribution in [1.29, 1.82) is 0 Å². The lowest BCUT2D eigenvalue weighted by Gasteiger charge is -1.99. The summed E-state index contributed by atoms with van der Waals surface area (Å²) in [6.07, 6.45) is 0. The molecule has 0 spiro atoms. The van der Waals surface area contributed by atoms with E-state index in [9.17, 15) is 0 Å². The Morgan fingerprint density at radius 3 is 2.00 bits per heavy atom. The van der Waals surface area contributed by atoms with E-state index in [0.717, 1.165) is 0 Å². The summed E-state index contributed by atoms with van der Waals surface area (Å²) in [6, 6.07) is 2.81. The van der Waals surface area contributed by atoms with Crippen molar-refractivity contribution in [2.75, 3.05) is 0 Å². The van der Waals surface area contributed by atoms with Gasteiger partial charge in [-0.3, -0.25) is 0 Å². The number of hydrogen-bond acceptors (Lipinski definition) is 2. The molecule has 4 heteroatoms. The third-order valence-electron chi connectivity index (χ3n) is 0.999. The minimum atomic E-state index is -0.131. The van der Waals surface area contributed by atoms with Gasteiger partial charge in [0.2, 0.25) is 0 Å². The zero-order chi connectivity index (χ0) is 7.72. The topological polar surface area (TPSA) is 40.5 Å². The lowest BCUT2D eigenvalue weighted by Crippen LogP contribution is -1.71. The highest BCUT2D eigenvalue weighted by atomic mass is 79.9. The van der Waals surface area contributed by atoms with Crippen LogP contribution in [0.25, 0.3) is 0 Å². The van der Waals surface area contributed by atoms with Gasteiger partial charge < -0.3 is 10.2 Å². The molecule has 54 valence electrons. The van der Waals surface area contributed by atoms with E-state index in [1.54, 1.807) is 0 Å². The molecule has 0 radical (unpaired) electrons. The second-order valence-electron chi connectivity index (χ2n) is 1.76. The normalized spacial score (nSPS) is 9.80. The van der Waals surface area contributed by atoms with Gasteiger partial charge in [-0.15, -0.1) is 0 Å². The molecule has 1 aromatic rings. The molecule has 2 nitrogen and oxygen atoms in total. The van der Waals surface area contributed by atoms with Crippen LogP contribution in [-0.4, -0.2) is 10.2 Å². The van der Waals surface area contributed by atoms with Crippen LogP contribution in [0.2, 0.25) is 5.02 Å². The Hall–Kier alpha value is -0.410. The minimum Gasteiger partial charge on any atom is -0.506 e. The number of benzene rings is 1. The van der Waals surface area contributed by atoms with Gasteiger partial charge in [0.15, 0.2) is 0 Å². The summed E-state index contributed by atoms with van der Waals surface area (Å²) in [5.41, 5.74) is 0. The molecule has 0 aliphatic carbocycles. The number of halogens is 2. The fourth-order valence-corrected chi connectivity index (χ4v) is 1.10. The molecule has 0 bridgehead atoms. The zero-order valence-corrected chi connectivity index (χ0v) is 7.15. The summed E-state index contributed by atoms with van der Waals surface area (Å²) in [5, 5.41) is 17.9. The van der Waals surface area contributed by atoms with Crippen LogP contribution in [0, 0.1) is 0 Å². The van der Waals surface area contributed by atoms with Gasteiger partial charge in [-0.05, 0) is 12.1 Å². The SMILES string of the molecule is Oc1cc(Br)cc(O)c1Cl. The molecule has 10 heavy (non-hydrogen) atoms. The van der Waals surface area contributed by atoms with E-state index in [-0.39, 0.29) is 16.5 Å². The Labute approximate surface area is 71.2 Å². The van der Waals surface area contributed by atoms with Gasteiger partial charge in [0.25, 0.3) is 0 Å². The Kier molecular flexibility index (Phi) is 2.06. The highest BCUT2D eigenvalue weighted by Crippen LogP contribution is 2.35. The molecule has 0 amide bonds. The molecule has 0 atom stereocenters. The molecular weight excluding hydrogens is 219 g/mol. The van der Waals surface area contributed by atoms with Gasteiger partial charge in [-0.2, -0.15) is 0 Å². The summed E-state index contributed by atoms with van der Waals surface area (Å²) in [5.74, 6) is -0.262. The maximum absolute atomic E-state index is 8.96. The smallest absolute Gasteiger partial charge is 0.139 e. The molecule has 2 N–H and O–H groups in total. The van der Waals surface area contributed by atoms with Crippen molar-refractivity contribution in [3.63, 3.8) is 0 Å². The van der Waals surface area contributed by atoms with Crippen LogP contribution in [0.1, 0.15) is 0 Å². The van der Waals surface area contributed by atoms with Crippen LogP contribution >= 0.6 is 27.5 Å². The fraction of sp³-hybridized carbons (Fsp3) is 0.